The molecule has 0 amide bonds. The van der Waals surface area contributed by atoms with Crippen molar-refractivity contribution < 1.29 is 33.4 Å². The number of rotatable bonds is 7. The molecule has 0 radical (unpaired) electrons. The van der Waals surface area contributed by atoms with Gasteiger partial charge in [0.05, 0.1) is 7.11 Å². The fourth-order valence-electron chi connectivity index (χ4n) is 2.32. The molecule has 0 aromatic heterocycles. The summed E-state index contributed by atoms with van der Waals surface area (Å²) < 4.78 is 13.8. The summed E-state index contributed by atoms with van der Waals surface area (Å²) in [6.07, 6.45) is 1.61. The molecule has 8 heteroatoms. The van der Waals surface area contributed by atoms with Crippen molar-refractivity contribution >= 4 is 35.5 Å². The summed E-state index contributed by atoms with van der Waals surface area (Å²) in [6.45, 7) is -0.841. The second-order valence-electron chi connectivity index (χ2n) is 5.62. The first-order valence-electron chi connectivity index (χ1n) is 8.35. The summed E-state index contributed by atoms with van der Waals surface area (Å²) in [5, 5.41) is 0. The van der Waals surface area contributed by atoms with Gasteiger partial charge in [0, 0.05) is 12.2 Å². The van der Waals surface area contributed by atoms with E-state index in [1.54, 1.807) is 60.7 Å². The molecule has 0 bridgehead atoms. The SMILES string of the molecule is COC(=O)/C=C\C(=O)OCC(=O)OC(=O)C(Cl)(c1ccccc1)c1ccccc1. The molecule has 0 unspecified atom stereocenters. The van der Waals surface area contributed by atoms with Crippen LogP contribution >= 0.6 is 11.6 Å². The van der Waals surface area contributed by atoms with E-state index in [0.29, 0.717) is 11.1 Å². The average molecular weight is 417 g/mol. The van der Waals surface area contributed by atoms with Gasteiger partial charge in [0.25, 0.3) is 0 Å². The van der Waals surface area contributed by atoms with Crippen molar-refractivity contribution in [2.45, 2.75) is 4.87 Å². The first kappa shape index (κ1) is 21.8. The highest BCUT2D eigenvalue weighted by Gasteiger charge is 2.43. The Hall–Kier alpha value is -3.45. The zero-order valence-electron chi connectivity index (χ0n) is 15.4. The molecule has 2 aromatic rings. The lowest BCUT2D eigenvalue weighted by atomic mass is 9.90. The molecule has 0 saturated heterocycles. The number of halogens is 1. The molecule has 0 spiro atoms. The van der Waals surface area contributed by atoms with Gasteiger partial charge in [-0.3, -0.25) is 0 Å². The maximum atomic E-state index is 12.8. The third-order valence-electron chi connectivity index (χ3n) is 3.72. The highest BCUT2D eigenvalue weighted by Crippen LogP contribution is 2.38. The molecule has 150 valence electrons. The van der Waals surface area contributed by atoms with Crippen LogP contribution in [0.1, 0.15) is 11.1 Å². The van der Waals surface area contributed by atoms with Crippen LogP contribution in [0.25, 0.3) is 0 Å². The largest absolute Gasteiger partial charge is 0.466 e. The van der Waals surface area contributed by atoms with Gasteiger partial charge in [-0.25, -0.2) is 19.2 Å². The Labute approximate surface area is 171 Å². The van der Waals surface area contributed by atoms with E-state index in [2.05, 4.69) is 9.47 Å². The second-order valence-corrected chi connectivity index (χ2v) is 6.18. The van der Waals surface area contributed by atoms with Crippen molar-refractivity contribution in [3.05, 3.63) is 83.9 Å². The van der Waals surface area contributed by atoms with Gasteiger partial charge in [-0.2, -0.15) is 0 Å². The van der Waals surface area contributed by atoms with Crippen molar-refractivity contribution in [1.82, 2.24) is 0 Å². The minimum Gasteiger partial charge on any atom is -0.466 e. The fraction of sp³-hybridized carbons (Fsp3) is 0.143. The van der Waals surface area contributed by atoms with Crippen molar-refractivity contribution in [2.75, 3.05) is 13.7 Å². The smallest absolute Gasteiger partial charge is 0.351 e. The van der Waals surface area contributed by atoms with Crippen molar-refractivity contribution in [1.29, 1.82) is 0 Å². The van der Waals surface area contributed by atoms with Crippen molar-refractivity contribution in [2.24, 2.45) is 0 Å². The van der Waals surface area contributed by atoms with Gasteiger partial charge >= 0.3 is 23.9 Å². The predicted molar refractivity (Wildman–Crippen MR) is 103 cm³/mol. The molecule has 0 aliphatic rings. The lowest BCUT2D eigenvalue weighted by Crippen LogP contribution is -2.35. The number of hydrogen-bond acceptors (Lipinski definition) is 7. The Bertz CT molecular complexity index is 868. The first-order chi connectivity index (χ1) is 13.9. The third-order valence-corrected chi connectivity index (χ3v) is 4.31. The number of benzene rings is 2. The zero-order valence-corrected chi connectivity index (χ0v) is 16.1. The van der Waals surface area contributed by atoms with Crippen LogP contribution in [-0.2, 0) is 38.3 Å². The van der Waals surface area contributed by atoms with Gasteiger partial charge in [-0.05, 0) is 11.1 Å². The third kappa shape index (κ3) is 5.76. The van der Waals surface area contributed by atoms with Crippen LogP contribution in [0.4, 0.5) is 0 Å². The van der Waals surface area contributed by atoms with E-state index in [4.69, 9.17) is 16.3 Å². The average Bonchev–Trinajstić information content (AvgIpc) is 2.76. The van der Waals surface area contributed by atoms with E-state index in [-0.39, 0.29) is 0 Å². The van der Waals surface area contributed by atoms with Crippen LogP contribution in [0.2, 0.25) is 0 Å². The molecular formula is C21H17ClO7. The van der Waals surface area contributed by atoms with Gasteiger partial charge in [-0.15, -0.1) is 0 Å². The van der Waals surface area contributed by atoms with E-state index in [0.717, 1.165) is 19.3 Å². The number of methoxy groups -OCH3 is 1. The van der Waals surface area contributed by atoms with Crippen LogP contribution in [0.5, 0.6) is 0 Å². The van der Waals surface area contributed by atoms with E-state index in [1.165, 1.54) is 0 Å². The molecule has 0 aliphatic heterocycles. The highest BCUT2D eigenvalue weighted by molar-refractivity contribution is 6.36. The lowest BCUT2D eigenvalue weighted by molar-refractivity contribution is -0.167. The van der Waals surface area contributed by atoms with Gasteiger partial charge in [-0.1, -0.05) is 72.3 Å². The summed E-state index contributed by atoms with van der Waals surface area (Å²) >= 11 is 6.65. The first-order valence-corrected chi connectivity index (χ1v) is 8.73. The predicted octanol–water partition coefficient (Wildman–Crippen LogP) is 2.51. The number of esters is 4. The van der Waals surface area contributed by atoms with Gasteiger partial charge in [0.2, 0.25) is 0 Å². The number of hydrogen-bond donors (Lipinski definition) is 0. The molecule has 7 nitrogen and oxygen atoms in total. The number of alkyl halides is 1. The maximum Gasteiger partial charge on any atom is 0.351 e. The molecule has 0 saturated carbocycles. The Morgan fingerprint density at radius 3 is 1.83 bits per heavy atom. The summed E-state index contributed by atoms with van der Waals surface area (Å²) in [7, 11) is 1.14. The van der Waals surface area contributed by atoms with Crippen LogP contribution in [0.3, 0.4) is 0 Å². The summed E-state index contributed by atoms with van der Waals surface area (Å²) in [4.78, 5) is 45.4. The van der Waals surface area contributed by atoms with Crippen LogP contribution in [0, 0.1) is 0 Å². The monoisotopic (exact) mass is 416 g/mol. The van der Waals surface area contributed by atoms with E-state index < -0.39 is 35.4 Å². The summed E-state index contributed by atoms with van der Waals surface area (Å²) in [6, 6.07) is 16.8. The van der Waals surface area contributed by atoms with Crippen LogP contribution in [-0.4, -0.2) is 37.6 Å². The number of ether oxygens (including phenoxy) is 3. The van der Waals surface area contributed by atoms with E-state index in [9.17, 15) is 19.2 Å². The normalized spacial score (nSPS) is 11.0. The standard InChI is InChI=1S/C21H17ClO7/c1-27-17(23)12-13-18(24)28-14-19(25)29-20(26)21(22,15-8-4-2-5-9-15)16-10-6-3-7-11-16/h2-13H,14H2,1H3/b13-12-. The number of carbonyl (C=O) groups excluding carboxylic acids is 4. The minimum atomic E-state index is -1.77. The van der Waals surface area contributed by atoms with Crippen molar-refractivity contribution in [3.63, 3.8) is 0 Å². The molecule has 0 fully saturated rings. The molecular weight excluding hydrogens is 400 g/mol. The molecule has 0 heterocycles. The quantitative estimate of drug-likeness (QED) is 0.225. The van der Waals surface area contributed by atoms with Crippen LogP contribution in [0.15, 0.2) is 72.8 Å². The minimum absolute atomic E-state index is 0.406. The second kappa shape index (κ2) is 10.2. The topological polar surface area (TPSA) is 96.0 Å². The Morgan fingerprint density at radius 2 is 1.34 bits per heavy atom. The molecule has 29 heavy (non-hydrogen) atoms. The van der Waals surface area contributed by atoms with E-state index in [1.807, 2.05) is 0 Å². The van der Waals surface area contributed by atoms with Gasteiger partial charge in [0.15, 0.2) is 11.5 Å². The van der Waals surface area contributed by atoms with Crippen molar-refractivity contribution in [3.8, 4) is 0 Å². The van der Waals surface area contributed by atoms with Gasteiger partial charge < -0.3 is 14.2 Å². The van der Waals surface area contributed by atoms with E-state index >= 15 is 0 Å². The zero-order chi connectivity index (χ0) is 21.3. The molecule has 0 aliphatic carbocycles. The Morgan fingerprint density at radius 1 is 0.862 bits per heavy atom. The molecule has 2 rings (SSSR count). The Kier molecular flexibility index (Phi) is 7.68. The highest BCUT2D eigenvalue weighted by atomic mass is 35.5. The maximum absolute atomic E-state index is 12.8. The molecule has 0 atom stereocenters. The molecule has 2 aromatic carbocycles. The lowest BCUT2D eigenvalue weighted by Gasteiger charge is -2.25. The summed E-state index contributed by atoms with van der Waals surface area (Å²) in [5.74, 6) is -3.91. The number of carbonyl (C=O) groups is 4. The van der Waals surface area contributed by atoms with Crippen LogP contribution < -0.4 is 0 Å². The summed E-state index contributed by atoms with van der Waals surface area (Å²) in [5.41, 5.74) is 0.812. The Balaban J connectivity index is 2.11. The fourth-order valence-corrected chi connectivity index (χ4v) is 2.61. The molecule has 0 N–H and O–H groups in total. The van der Waals surface area contributed by atoms with Gasteiger partial charge in [0.1, 0.15) is 0 Å².